The highest BCUT2D eigenvalue weighted by molar-refractivity contribution is 5.94. The molecule has 2 amide bonds. The average molecular weight is 353 g/mol. The zero-order valence-electron chi connectivity index (χ0n) is 14.8. The molecule has 0 saturated carbocycles. The molecule has 2 heterocycles. The lowest BCUT2D eigenvalue weighted by atomic mass is 10.0. The predicted octanol–water partition coefficient (Wildman–Crippen LogP) is 1.94. The van der Waals surface area contributed by atoms with Crippen molar-refractivity contribution >= 4 is 22.8 Å². The molecule has 0 unspecified atom stereocenters. The molecule has 26 heavy (non-hydrogen) atoms. The van der Waals surface area contributed by atoms with Crippen LogP contribution in [0.2, 0.25) is 0 Å². The normalized spacial score (nSPS) is 19.1. The number of carbonyl (C=O) groups excluding carboxylic acids is 2. The van der Waals surface area contributed by atoms with Crippen LogP contribution in [0.25, 0.3) is 10.8 Å². The quantitative estimate of drug-likeness (QED) is 0.841. The van der Waals surface area contributed by atoms with Crippen LogP contribution in [0.1, 0.15) is 5.56 Å². The molecule has 2 aliphatic rings. The largest absolute Gasteiger partial charge is 0.447 e. The molecule has 0 spiro atoms. The van der Waals surface area contributed by atoms with E-state index in [1.165, 1.54) is 21.2 Å². The van der Waals surface area contributed by atoms with E-state index in [-0.39, 0.29) is 12.5 Å². The van der Waals surface area contributed by atoms with E-state index in [9.17, 15) is 9.59 Å². The first-order valence-electron chi connectivity index (χ1n) is 9.09. The summed E-state index contributed by atoms with van der Waals surface area (Å²) in [6, 6.07) is 14.9. The number of hydrogen-bond donors (Lipinski definition) is 0. The highest BCUT2D eigenvalue weighted by Gasteiger charge is 2.30. The van der Waals surface area contributed by atoms with Crippen LogP contribution in [0.4, 0.5) is 4.79 Å². The van der Waals surface area contributed by atoms with Crippen LogP contribution in [0, 0.1) is 0 Å². The van der Waals surface area contributed by atoms with Gasteiger partial charge in [-0.15, -0.1) is 0 Å². The van der Waals surface area contributed by atoms with Crippen LogP contribution < -0.4 is 0 Å². The van der Waals surface area contributed by atoms with Gasteiger partial charge in [0.1, 0.15) is 6.61 Å². The number of benzene rings is 2. The third kappa shape index (κ3) is 3.57. The van der Waals surface area contributed by atoms with E-state index in [0.29, 0.717) is 13.2 Å². The maximum atomic E-state index is 12.2. The van der Waals surface area contributed by atoms with Gasteiger partial charge in [0.15, 0.2) is 0 Å². The van der Waals surface area contributed by atoms with Gasteiger partial charge in [-0.3, -0.25) is 14.6 Å². The van der Waals surface area contributed by atoms with Gasteiger partial charge in [-0.05, 0) is 16.3 Å². The summed E-state index contributed by atoms with van der Waals surface area (Å²) >= 11 is 0. The molecule has 0 radical (unpaired) electrons. The molecule has 6 nitrogen and oxygen atoms in total. The first-order chi connectivity index (χ1) is 12.7. The monoisotopic (exact) mass is 353 g/mol. The summed E-state index contributed by atoms with van der Waals surface area (Å²) in [5, 5.41) is 2.58. The molecule has 136 valence electrons. The lowest BCUT2D eigenvalue weighted by Gasteiger charge is -2.34. The first kappa shape index (κ1) is 17.0. The highest BCUT2D eigenvalue weighted by atomic mass is 16.6. The van der Waals surface area contributed by atoms with Crippen molar-refractivity contribution in [1.29, 1.82) is 0 Å². The van der Waals surface area contributed by atoms with E-state index >= 15 is 0 Å². The average Bonchev–Trinajstić information content (AvgIpc) is 3.10. The Morgan fingerprint density at radius 2 is 1.65 bits per heavy atom. The summed E-state index contributed by atoms with van der Waals surface area (Å²) in [7, 11) is 0. The Kier molecular flexibility index (Phi) is 4.86. The third-order valence-electron chi connectivity index (χ3n) is 5.16. The standard InChI is InChI=1S/C20H23N3O3/c24-19(23-12-13-26-20(23)25)15-22-10-8-21(9-11-22)14-17-6-3-5-16-4-1-2-7-18(16)17/h1-7H,8-15H2. The summed E-state index contributed by atoms with van der Waals surface area (Å²) in [6.07, 6.45) is -0.510. The number of carbonyl (C=O) groups is 2. The summed E-state index contributed by atoms with van der Waals surface area (Å²) < 4.78 is 4.83. The van der Waals surface area contributed by atoms with Crippen molar-refractivity contribution in [3.63, 3.8) is 0 Å². The molecule has 0 atom stereocenters. The Bertz CT molecular complexity index is 810. The Labute approximate surface area is 152 Å². The lowest BCUT2D eigenvalue weighted by Crippen LogP contribution is -2.49. The van der Waals surface area contributed by atoms with Crippen LogP contribution in [-0.4, -0.2) is 72.6 Å². The summed E-state index contributed by atoms with van der Waals surface area (Å²) in [4.78, 5) is 29.4. The minimum Gasteiger partial charge on any atom is -0.447 e. The van der Waals surface area contributed by atoms with Crippen molar-refractivity contribution < 1.29 is 14.3 Å². The zero-order chi connectivity index (χ0) is 17.9. The number of amides is 2. The fourth-order valence-corrected chi connectivity index (χ4v) is 3.67. The fraction of sp³-hybridized carbons (Fsp3) is 0.400. The van der Waals surface area contributed by atoms with Gasteiger partial charge in [0.25, 0.3) is 0 Å². The SMILES string of the molecule is O=C(CN1CCN(Cc2cccc3ccccc23)CC1)N1CCOC1=O. The van der Waals surface area contributed by atoms with Gasteiger partial charge in [0.05, 0.1) is 13.1 Å². The van der Waals surface area contributed by atoms with Crippen LogP contribution in [0.15, 0.2) is 42.5 Å². The van der Waals surface area contributed by atoms with Crippen LogP contribution >= 0.6 is 0 Å². The first-order valence-corrected chi connectivity index (χ1v) is 9.09. The number of fused-ring (bicyclic) bond motifs is 1. The number of imide groups is 1. The van der Waals surface area contributed by atoms with Gasteiger partial charge >= 0.3 is 6.09 Å². The number of hydrogen-bond acceptors (Lipinski definition) is 5. The summed E-state index contributed by atoms with van der Waals surface area (Å²) in [5.41, 5.74) is 1.34. The van der Waals surface area contributed by atoms with Crippen molar-refractivity contribution in [2.24, 2.45) is 0 Å². The van der Waals surface area contributed by atoms with Crippen molar-refractivity contribution in [2.45, 2.75) is 6.54 Å². The number of piperazine rings is 1. The maximum Gasteiger partial charge on any atom is 0.416 e. The van der Waals surface area contributed by atoms with Gasteiger partial charge in [-0.25, -0.2) is 9.69 Å². The smallest absolute Gasteiger partial charge is 0.416 e. The third-order valence-corrected chi connectivity index (χ3v) is 5.16. The molecule has 2 aromatic carbocycles. The molecule has 0 aliphatic carbocycles. The number of rotatable bonds is 4. The number of cyclic esters (lactones) is 1. The second kappa shape index (κ2) is 7.43. The Hall–Kier alpha value is -2.44. The van der Waals surface area contributed by atoms with Crippen molar-refractivity contribution in [2.75, 3.05) is 45.9 Å². The van der Waals surface area contributed by atoms with Crippen LogP contribution in [0.5, 0.6) is 0 Å². The molecule has 0 N–H and O–H groups in total. The zero-order valence-corrected chi connectivity index (χ0v) is 14.8. The summed E-state index contributed by atoms with van der Waals surface area (Å²) in [6.45, 7) is 5.39. The highest BCUT2D eigenvalue weighted by Crippen LogP contribution is 2.20. The minimum atomic E-state index is -0.510. The number of ether oxygens (including phenoxy) is 1. The molecule has 2 aromatic rings. The second-order valence-electron chi connectivity index (χ2n) is 6.85. The Balaban J connectivity index is 1.32. The Morgan fingerprint density at radius 3 is 2.42 bits per heavy atom. The minimum absolute atomic E-state index is 0.157. The van der Waals surface area contributed by atoms with E-state index < -0.39 is 6.09 Å². The molecule has 4 rings (SSSR count). The topological polar surface area (TPSA) is 53.1 Å². The van der Waals surface area contributed by atoms with E-state index in [2.05, 4.69) is 52.3 Å². The van der Waals surface area contributed by atoms with Gasteiger partial charge < -0.3 is 4.74 Å². The van der Waals surface area contributed by atoms with Crippen molar-refractivity contribution in [3.05, 3.63) is 48.0 Å². The van der Waals surface area contributed by atoms with E-state index in [1.807, 2.05) is 0 Å². The van der Waals surface area contributed by atoms with Crippen LogP contribution in [0.3, 0.4) is 0 Å². The molecule has 2 fully saturated rings. The Morgan fingerprint density at radius 1 is 0.923 bits per heavy atom. The fourth-order valence-electron chi connectivity index (χ4n) is 3.67. The predicted molar refractivity (Wildman–Crippen MR) is 98.7 cm³/mol. The summed E-state index contributed by atoms with van der Waals surface area (Å²) in [5.74, 6) is -0.157. The molecule has 6 heteroatoms. The van der Waals surface area contributed by atoms with Gasteiger partial charge in [-0.1, -0.05) is 42.5 Å². The van der Waals surface area contributed by atoms with Crippen molar-refractivity contribution in [1.82, 2.24) is 14.7 Å². The molecular formula is C20H23N3O3. The molecular weight excluding hydrogens is 330 g/mol. The lowest BCUT2D eigenvalue weighted by molar-refractivity contribution is -0.129. The van der Waals surface area contributed by atoms with E-state index in [4.69, 9.17) is 4.74 Å². The molecule has 2 saturated heterocycles. The second-order valence-corrected chi connectivity index (χ2v) is 6.85. The maximum absolute atomic E-state index is 12.2. The van der Waals surface area contributed by atoms with Gasteiger partial charge in [0, 0.05) is 32.7 Å². The molecule has 0 aromatic heterocycles. The van der Waals surface area contributed by atoms with E-state index in [1.54, 1.807) is 0 Å². The molecule has 2 aliphatic heterocycles. The number of nitrogens with zero attached hydrogens (tertiary/aromatic N) is 3. The molecule has 0 bridgehead atoms. The van der Waals surface area contributed by atoms with Crippen molar-refractivity contribution in [3.8, 4) is 0 Å². The van der Waals surface area contributed by atoms with E-state index in [0.717, 1.165) is 32.7 Å². The van der Waals surface area contributed by atoms with Gasteiger partial charge in [-0.2, -0.15) is 0 Å². The van der Waals surface area contributed by atoms with Crippen LogP contribution in [-0.2, 0) is 16.1 Å². The van der Waals surface area contributed by atoms with Gasteiger partial charge in [0.2, 0.25) is 5.91 Å².